The van der Waals surface area contributed by atoms with Gasteiger partial charge in [0.2, 0.25) is 0 Å². The van der Waals surface area contributed by atoms with Gasteiger partial charge < -0.3 is 5.32 Å². The topological polar surface area (TPSA) is 12.0 Å². The first-order valence-electron chi connectivity index (χ1n) is 5.41. The highest BCUT2D eigenvalue weighted by molar-refractivity contribution is 7.99. The van der Waals surface area contributed by atoms with Crippen LogP contribution in [0.1, 0.15) is 24.1 Å². The van der Waals surface area contributed by atoms with Crippen molar-refractivity contribution in [2.24, 2.45) is 0 Å². The van der Waals surface area contributed by atoms with Crippen molar-refractivity contribution in [2.75, 3.05) is 18.6 Å². The van der Waals surface area contributed by atoms with Gasteiger partial charge in [-0.3, -0.25) is 0 Å². The largest absolute Gasteiger partial charge is 0.416 e. The van der Waals surface area contributed by atoms with Gasteiger partial charge in [-0.2, -0.15) is 24.9 Å². The molecule has 1 atom stereocenters. The molecule has 0 heterocycles. The molecule has 0 aromatic heterocycles. The van der Waals surface area contributed by atoms with Crippen molar-refractivity contribution in [2.45, 2.75) is 19.1 Å². The van der Waals surface area contributed by atoms with Crippen molar-refractivity contribution >= 4 is 11.8 Å². The van der Waals surface area contributed by atoms with Gasteiger partial charge in [-0.05, 0) is 24.4 Å². The van der Waals surface area contributed by atoms with Crippen LogP contribution in [-0.2, 0) is 6.18 Å². The second-order valence-electron chi connectivity index (χ2n) is 3.59. The maximum atomic E-state index is 12.8. The van der Waals surface area contributed by atoms with Gasteiger partial charge in [-0.25, -0.2) is 0 Å². The van der Waals surface area contributed by atoms with E-state index in [0.717, 1.165) is 11.8 Å². The molecule has 0 amide bonds. The lowest BCUT2D eigenvalue weighted by Gasteiger charge is -2.20. The summed E-state index contributed by atoms with van der Waals surface area (Å²) in [6.45, 7) is 1.99. The number of benzene rings is 1. The fourth-order valence-electron chi connectivity index (χ4n) is 1.62. The third-order valence-corrected chi connectivity index (χ3v) is 3.46. The second-order valence-corrected chi connectivity index (χ2v) is 4.90. The van der Waals surface area contributed by atoms with E-state index >= 15 is 0 Å². The molecule has 0 aliphatic rings. The normalized spacial score (nSPS) is 13.7. The first-order chi connectivity index (χ1) is 8.00. The van der Waals surface area contributed by atoms with E-state index in [-0.39, 0.29) is 6.04 Å². The van der Waals surface area contributed by atoms with E-state index in [4.69, 9.17) is 0 Å². The van der Waals surface area contributed by atoms with Crippen LogP contribution in [-0.4, -0.2) is 18.6 Å². The summed E-state index contributed by atoms with van der Waals surface area (Å²) in [6.07, 6.45) is -4.29. The first kappa shape index (κ1) is 14.4. The van der Waals surface area contributed by atoms with Crippen LogP contribution in [0.4, 0.5) is 13.2 Å². The molecule has 1 unspecified atom stereocenters. The molecule has 1 N–H and O–H groups in total. The lowest BCUT2D eigenvalue weighted by atomic mass is 10.0. The predicted octanol–water partition coefficient (Wildman–Crippen LogP) is 3.72. The van der Waals surface area contributed by atoms with Gasteiger partial charge in [-0.1, -0.05) is 25.1 Å². The van der Waals surface area contributed by atoms with E-state index in [9.17, 15) is 13.2 Å². The summed E-state index contributed by atoms with van der Waals surface area (Å²) < 4.78 is 38.5. The fourth-order valence-corrected chi connectivity index (χ4v) is 2.44. The molecule has 0 spiro atoms. The lowest BCUT2D eigenvalue weighted by molar-refractivity contribution is -0.138. The quantitative estimate of drug-likeness (QED) is 0.869. The Bertz CT molecular complexity index is 352. The summed E-state index contributed by atoms with van der Waals surface area (Å²) >= 11 is 1.63. The molecular weight excluding hydrogens is 247 g/mol. The summed E-state index contributed by atoms with van der Waals surface area (Å²) in [5, 5.41) is 2.94. The van der Waals surface area contributed by atoms with E-state index < -0.39 is 11.7 Å². The van der Waals surface area contributed by atoms with E-state index in [2.05, 4.69) is 5.32 Å². The number of halogens is 3. The Hall–Kier alpha value is -0.680. The maximum Gasteiger partial charge on any atom is 0.416 e. The Kier molecular flexibility index (Phi) is 5.33. The Balaban J connectivity index is 3.02. The molecule has 0 bridgehead atoms. The molecule has 1 aromatic rings. The Morgan fingerprint density at radius 2 is 1.94 bits per heavy atom. The van der Waals surface area contributed by atoms with E-state index in [0.29, 0.717) is 11.3 Å². The summed E-state index contributed by atoms with van der Waals surface area (Å²) in [4.78, 5) is 0. The number of nitrogens with one attached hydrogen (secondary N) is 1. The van der Waals surface area contributed by atoms with Crippen LogP contribution in [0.3, 0.4) is 0 Å². The molecule has 1 nitrogen and oxygen atoms in total. The first-order valence-corrected chi connectivity index (χ1v) is 6.57. The smallest absolute Gasteiger partial charge is 0.312 e. The molecule has 17 heavy (non-hydrogen) atoms. The van der Waals surface area contributed by atoms with Gasteiger partial charge in [0.25, 0.3) is 0 Å². The maximum absolute atomic E-state index is 12.8. The Labute approximate surface area is 104 Å². The van der Waals surface area contributed by atoms with Gasteiger partial charge in [0.15, 0.2) is 0 Å². The van der Waals surface area contributed by atoms with Crippen molar-refractivity contribution in [3.05, 3.63) is 35.4 Å². The molecule has 0 saturated carbocycles. The zero-order valence-electron chi connectivity index (χ0n) is 9.84. The molecule has 0 radical (unpaired) electrons. The van der Waals surface area contributed by atoms with E-state index in [1.807, 2.05) is 6.92 Å². The average Bonchev–Trinajstić information content (AvgIpc) is 2.29. The third-order valence-electron chi connectivity index (χ3n) is 2.48. The van der Waals surface area contributed by atoms with Crippen LogP contribution in [0.25, 0.3) is 0 Å². The second kappa shape index (κ2) is 6.31. The summed E-state index contributed by atoms with van der Waals surface area (Å²) in [5.74, 6) is 1.53. The number of alkyl halides is 3. The van der Waals surface area contributed by atoms with Crippen LogP contribution >= 0.6 is 11.8 Å². The van der Waals surface area contributed by atoms with Gasteiger partial charge in [0, 0.05) is 11.8 Å². The monoisotopic (exact) mass is 263 g/mol. The van der Waals surface area contributed by atoms with E-state index in [1.165, 1.54) is 6.07 Å². The van der Waals surface area contributed by atoms with Crippen molar-refractivity contribution in [1.82, 2.24) is 5.32 Å². The van der Waals surface area contributed by atoms with Crippen LogP contribution in [0.15, 0.2) is 24.3 Å². The minimum atomic E-state index is -4.29. The molecule has 1 aromatic carbocycles. The van der Waals surface area contributed by atoms with Gasteiger partial charge in [-0.15, -0.1) is 0 Å². The molecule has 0 aliphatic carbocycles. The highest BCUT2D eigenvalue weighted by atomic mass is 32.2. The van der Waals surface area contributed by atoms with Gasteiger partial charge >= 0.3 is 6.18 Å². The third kappa shape index (κ3) is 3.92. The van der Waals surface area contributed by atoms with Gasteiger partial charge in [0.05, 0.1) is 5.56 Å². The molecule has 1 rings (SSSR count). The van der Waals surface area contributed by atoms with Crippen molar-refractivity contribution in [3.8, 4) is 0 Å². The Morgan fingerprint density at radius 1 is 1.29 bits per heavy atom. The molecule has 0 aliphatic heterocycles. The fraction of sp³-hybridized carbons (Fsp3) is 0.500. The van der Waals surface area contributed by atoms with Crippen molar-refractivity contribution < 1.29 is 13.2 Å². The molecule has 5 heteroatoms. The van der Waals surface area contributed by atoms with Crippen molar-refractivity contribution in [3.63, 3.8) is 0 Å². The van der Waals surface area contributed by atoms with Crippen molar-refractivity contribution in [1.29, 1.82) is 0 Å². The average molecular weight is 263 g/mol. The molecule has 96 valence electrons. The number of hydrogen-bond donors (Lipinski definition) is 1. The summed E-state index contributed by atoms with van der Waals surface area (Å²) in [5.41, 5.74) is -0.223. The number of rotatable bonds is 5. The highest BCUT2D eigenvalue weighted by Crippen LogP contribution is 2.35. The van der Waals surface area contributed by atoms with Gasteiger partial charge in [0.1, 0.15) is 0 Å². The predicted molar refractivity (Wildman–Crippen MR) is 66.2 cm³/mol. The molecule has 0 fully saturated rings. The number of thioether (sulfide) groups is 1. The van der Waals surface area contributed by atoms with Crippen LogP contribution < -0.4 is 5.32 Å². The van der Waals surface area contributed by atoms with Crippen LogP contribution in [0.5, 0.6) is 0 Å². The highest BCUT2D eigenvalue weighted by Gasteiger charge is 2.34. The molecule has 0 saturated heterocycles. The SMILES string of the molecule is CCSCC(NC)c1ccccc1C(F)(F)F. The Morgan fingerprint density at radius 3 is 2.47 bits per heavy atom. The summed E-state index contributed by atoms with van der Waals surface area (Å²) in [6, 6.07) is 5.48. The summed E-state index contributed by atoms with van der Waals surface area (Å²) in [7, 11) is 1.69. The minimum absolute atomic E-state index is 0.266. The molecular formula is C12H16F3NS. The number of hydrogen-bond acceptors (Lipinski definition) is 2. The zero-order valence-corrected chi connectivity index (χ0v) is 10.7. The minimum Gasteiger partial charge on any atom is -0.312 e. The zero-order chi connectivity index (χ0) is 12.9. The van der Waals surface area contributed by atoms with Crippen LogP contribution in [0.2, 0.25) is 0 Å². The van der Waals surface area contributed by atoms with E-state index in [1.54, 1.807) is 30.9 Å². The van der Waals surface area contributed by atoms with Crippen LogP contribution in [0, 0.1) is 0 Å². The standard InChI is InChI=1S/C12H16F3NS/c1-3-17-8-11(16-2)9-6-4-5-7-10(9)12(13,14)15/h4-7,11,16H,3,8H2,1-2H3. The lowest BCUT2D eigenvalue weighted by Crippen LogP contribution is -2.22.